The lowest BCUT2D eigenvalue weighted by atomic mass is 10.0. The van der Waals surface area contributed by atoms with Gasteiger partial charge in [-0.15, -0.1) is 0 Å². The second-order valence-electron chi connectivity index (χ2n) is 8.71. The van der Waals surface area contributed by atoms with Gasteiger partial charge in [-0.05, 0) is 24.0 Å². The van der Waals surface area contributed by atoms with E-state index in [1.54, 1.807) is 6.20 Å². The predicted molar refractivity (Wildman–Crippen MR) is 128 cm³/mol. The van der Waals surface area contributed by atoms with Crippen LogP contribution < -0.4 is 27.4 Å². The largest absolute Gasteiger partial charge is 0.480 e. The van der Waals surface area contributed by atoms with E-state index in [2.05, 4.69) is 20.9 Å². The Kier molecular flexibility index (Phi) is 9.76. The molecule has 12 nitrogen and oxygen atoms in total. The van der Waals surface area contributed by atoms with E-state index in [0.717, 1.165) is 10.9 Å². The minimum absolute atomic E-state index is 0.0192. The standard InChI is InChI=1S/C23H32N6O6/c1-12(2)7-15(24)21(32)27-11-20(31)28-17(22(33)29-18(23(34)35)9-19(25)30)8-13-10-26-16-6-4-3-5-14(13)16/h3-6,10,12,15,17-18,26H,7-9,11,24H2,1-2H3,(H2,25,30)(H,27,32)(H,28,31)(H,29,33)(H,34,35)/t15-,17-,18-/m0/s1. The van der Waals surface area contributed by atoms with Crippen LogP contribution in [-0.2, 0) is 30.4 Å². The van der Waals surface area contributed by atoms with Crippen LogP contribution >= 0.6 is 0 Å². The van der Waals surface area contributed by atoms with Gasteiger partial charge >= 0.3 is 5.97 Å². The number of nitrogens with two attached hydrogens (primary N) is 2. The first-order chi connectivity index (χ1) is 16.5. The number of amides is 4. The van der Waals surface area contributed by atoms with Crippen LogP contribution in [0.4, 0.5) is 0 Å². The number of primary amides is 1. The summed E-state index contributed by atoms with van der Waals surface area (Å²) in [4.78, 5) is 63.3. The summed E-state index contributed by atoms with van der Waals surface area (Å²) in [6.07, 6.45) is 1.53. The van der Waals surface area contributed by atoms with Gasteiger partial charge in [-0.2, -0.15) is 0 Å². The van der Waals surface area contributed by atoms with Crippen LogP contribution in [0.15, 0.2) is 30.5 Å². The first-order valence-corrected chi connectivity index (χ1v) is 11.2. The minimum atomic E-state index is -1.56. The Morgan fingerprint density at radius 3 is 2.34 bits per heavy atom. The molecule has 0 fully saturated rings. The molecule has 0 spiro atoms. The van der Waals surface area contributed by atoms with Gasteiger partial charge in [0.15, 0.2) is 0 Å². The first kappa shape index (κ1) is 27.3. The van der Waals surface area contributed by atoms with Crippen LogP contribution in [-0.4, -0.2) is 64.4 Å². The van der Waals surface area contributed by atoms with Gasteiger partial charge in [-0.3, -0.25) is 19.2 Å². The molecule has 1 aromatic heterocycles. The number of H-pyrrole nitrogens is 1. The topological polar surface area (TPSA) is 209 Å². The van der Waals surface area contributed by atoms with Gasteiger partial charge in [0.05, 0.1) is 19.0 Å². The highest BCUT2D eigenvalue weighted by Crippen LogP contribution is 2.19. The maximum atomic E-state index is 12.9. The third-order valence-corrected chi connectivity index (χ3v) is 5.26. The molecule has 12 heteroatoms. The third-order valence-electron chi connectivity index (χ3n) is 5.26. The van der Waals surface area contributed by atoms with Crippen LogP contribution in [0, 0.1) is 5.92 Å². The van der Waals surface area contributed by atoms with E-state index >= 15 is 0 Å². The zero-order chi connectivity index (χ0) is 26.1. The van der Waals surface area contributed by atoms with E-state index < -0.39 is 60.7 Å². The molecule has 0 aliphatic carbocycles. The van der Waals surface area contributed by atoms with E-state index in [1.165, 1.54) is 0 Å². The number of carbonyl (C=O) groups is 5. The fourth-order valence-corrected chi connectivity index (χ4v) is 3.56. The fraction of sp³-hybridized carbons (Fsp3) is 0.435. The number of aromatic amines is 1. The highest BCUT2D eigenvalue weighted by atomic mass is 16.4. The molecule has 2 rings (SSSR count). The highest BCUT2D eigenvalue weighted by Gasteiger charge is 2.28. The maximum Gasteiger partial charge on any atom is 0.326 e. The smallest absolute Gasteiger partial charge is 0.326 e. The van der Waals surface area contributed by atoms with Crippen molar-refractivity contribution in [2.24, 2.45) is 17.4 Å². The number of rotatable bonds is 13. The summed E-state index contributed by atoms with van der Waals surface area (Å²) in [7, 11) is 0. The number of nitrogens with one attached hydrogen (secondary N) is 4. The molecule has 9 N–H and O–H groups in total. The average molecular weight is 489 g/mol. The summed E-state index contributed by atoms with van der Waals surface area (Å²) >= 11 is 0. The van der Waals surface area contributed by atoms with Crippen molar-refractivity contribution in [1.82, 2.24) is 20.9 Å². The SMILES string of the molecule is CC(C)C[C@H](N)C(=O)NCC(=O)N[C@@H](Cc1c[nH]c2ccccc12)C(=O)N[C@@H](CC(N)=O)C(=O)O. The molecule has 0 aliphatic heterocycles. The van der Waals surface area contributed by atoms with E-state index in [4.69, 9.17) is 11.5 Å². The van der Waals surface area contributed by atoms with Gasteiger partial charge in [0, 0.05) is 23.5 Å². The molecule has 4 amide bonds. The van der Waals surface area contributed by atoms with Gasteiger partial charge in [0.1, 0.15) is 12.1 Å². The number of para-hydroxylation sites is 1. The molecule has 190 valence electrons. The molecule has 3 atom stereocenters. The van der Waals surface area contributed by atoms with Crippen molar-refractivity contribution in [3.05, 3.63) is 36.0 Å². The molecule has 0 saturated carbocycles. The number of fused-ring (bicyclic) bond motifs is 1. The monoisotopic (exact) mass is 488 g/mol. The number of carboxylic acid groups (broad SMARTS) is 1. The molecule has 0 saturated heterocycles. The second kappa shape index (κ2) is 12.5. The van der Waals surface area contributed by atoms with Gasteiger partial charge in [-0.25, -0.2) is 4.79 Å². The lowest BCUT2D eigenvalue weighted by Gasteiger charge is -2.21. The van der Waals surface area contributed by atoms with Crippen molar-refractivity contribution in [3.8, 4) is 0 Å². The van der Waals surface area contributed by atoms with Crippen molar-refractivity contribution in [3.63, 3.8) is 0 Å². The number of carboxylic acids is 1. The van der Waals surface area contributed by atoms with Crippen LogP contribution in [0.25, 0.3) is 10.9 Å². The number of benzene rings is 1. The average Bonchev–Trinajstić information content (AvgIpc) is 3.18. The Morgan fingerprint density at radius 1 is 1.03 bits per heavy atom. The van der Waals surface area contributed by atoms with E-state index in [9.17, 15) is 29.1 Å². The second-order valence-corrected chi connectivity index (χ2v) is 8.71. The zero-order valence-electron chi connectivity index (χ0n) is 19.7. The number of hydrogen-bond acceptors (Lipinski definition) is 6. The molecule has 0 aliphatic rings. The Morgan fingerprint density at radius 2 is 1.71 bits per heavy atom. The summed E-state index contributed by atoms with van der Waals surface area (Å²) in [6, 6.07) is 3.79. The molecule has 2 aromatic rings. The van der Waals surface area contributed by atoms with Gasteiger partial charge in [0.25, 0.3) is 0 Å². The molecular weight excluding hydrogens is 456 g/mol. The number of carbonyl (C=O) groups excluding carboxylic acids is 4. The van der Waals surface area contributed by atoms with E-state index in [-0.39, 0.29) is 12.3 Å². The summed E-state index contributed by atoms with van der Waals surface area (Å²) in [6.45, 7) is 3.40. The van der Waals surface area contributed by atoms with E-state index in [1.807, 2.05) is 38.1 Å². The van der Waals surface area contributed by atoms with Crippen molar-refractivity contribution < 1.29 is 29.1 Å². The predicted octanol–water partition coefficient (Wildman–Crippen LogP) is -0.870. The van der Waals surface area contributed by atoms with Gasteiger partial charge in [-0.1, -0.05) is 32.0 Å². The Bertz CT molecular complexity index is 1080. The Hall–Kier alpha value is -3.93. The summed E-state index contributed by atoms with van der Waals surface area (Å²) < 4.78 is 0. The first-order valence-electron chi connectivity index (χ1n) is 11.2. The van der Waals surface area contributed by atoms with Crippen molar-refractivity contribution in [1.29, 1.82) is 0 Å². The number of aliphatic carboxylic acids is 1. The summed E-state index contributed by atoms with van der Waals surface area (Å²) in [5.41, 5.74) is 12.4. The lowest BCUT2D eigenvalue weighted by Crippen LogP contribution is -2.55. The third kappa shape index (κ3) is 8.41. The van der Waals surface area contributed by atoms with Crippen LogP contribution in [0.3, 0.4) is 0 Å². The molecule has 35 heavy (non-hydrogen) atoms. The summed E-state index contributed by atoms with van der Waals surface area (Å²) in [5, 5.41) is 17.3. The number of hydrogen-bond donors (Lipinski definition) is 7. The van der Waals surface area contributed by atoms with Gasteiger partial charge in [0.2, 0.25) is 23.6 Å². The van der Waals surface area contributed by atoms with Gasteiger partial charge < -0.3 is 37.5 Å². The fourth-order valence-electron chi connectivity index (χ4n) is 3.56. The zero-order valence-corrected chi connectivity index (χ0v) is 19.7. The Labute approximate surface area is 202 Å². The molecule has 0 bridgehead atoms. The highest BCUT2D eigenvalue weighted by molar-refractivity contribution is 5.94. The quantitative estimate of drug-likeness (QED) is 0.189. The number of aromatic nitrogens is 1. The maximum absolute atomic E-state index is 12.9. The van der Waals surface area contributed by atoms with Crippen molar-refractivity contribution in [2.75, 3.05) is 6.54 Å². The molecule has 1 aromatic carbocycles. The molecule has 0 unspecified atom stereocenters. The van der Waals surface area contributed by atoms with Crippen molar-refractivity contribution in [2.45, 2.75) is 51.2 Å². The normalized spacial score (nSPS) is 13.6. The minimum Gasteiger partial charge on any atom is -0.480 e. The lowest BCUT2D eigenvalue weighted by molar-refractivity contribution is -0.143. The van der Waals surface area contributed by atoms with Crippen LogP contribution in [0.1, 0.15) is 32.3 Å². The van der Waals surface area contributed by atoms with E-state index in [0.29, 0.717) is 12.0 Å². The molecule has 0 radical (unpaired) electrons. The Balaban J connectivity index is 2.15. The summed E-state index contributed by atoms with van der Waals surface area (Å²) in [5.74, 6) is -4.15. The molecular formula is C23H32N6O6. The van der Waals surface area contributed by atoms with Crippen molar-refractivity contribution >= 4 is 40.5 Å². The van der Waals surface area contributed by atoms with Crippen LogP contribution in [0.2, 0.25) is 0 Å². The molecule has 1 heterocycles. The van der Waals surface area contributed by atoms with Crippen LogP contribution in [0.5, 0.6) is 0 Å².